The van der Waals surface area contributed by atoms with Crippen molar-refractivity contribution in [3.63, 3.8) is 0 Å². The fourth-order valence-corrected chi connectivity index (χ4v) is 2.65. The Morgan fingerprint density at radius 3 is 2.22 bits per heavy atom. The Kier molecular flexibility index (Phi) is 6.08. The summed E-state index contributed by atoms with van der Waals surface area (Å²) in [5.41, 5.74) is 5.16. The molecule has 5 nitrogen and oxygen atoms in total. The molecule has 0 saturated heterocycles. The molecule has 108 valence electrons. The Labute approximate surface area is 104 Å². The number of carboxylic acid groups (broad SMARTS) is 1. The zero-order valence-corrected chi connectivity index (χ0v) is 10.7. The molecule has 0 rings (SSSR count). The maximum atomic E-state index is 12.2. The highest BCUT2D eigenvalue weighted by Crippen LogP contribution is 2.28. The average Bonchev–Trinajstić information content (AvgIpc) is 2.21. The van der Waals surface area contributed by atoms with E-state index in [0.717, 1.165) is 6.92 Å². The van der Waals surface area contributed by atoms with E-state index in [2.05, 4.69) is 0 Å². The van der Waals surface area contributed by atoms with Gasteiger partial charge in [0.2, 0.25) is 0 Å². The van der Waals surface area contributed by atoms with E-state index in [1.54, 1.807) is 0 Å². The first-order chi connectivity index (χ1) is 7.96. The Morgan fingerprint density at radius 2 is 1.83 bits per heavy atom. The highest BCUT2D eigenvalue weighted by molar-refractivity contribution is 7.92. The van der Waals surface area contributed by atoms with Crippen LogP contribution in [0.25, 0.3) is 0 Å². The van der Waals surface area contributed by atoms with Gasteiger partial charge in [-0.05, 0) is 12.8 Å². The van der Waals surface area contributed by atoms with Crippen LogP contribution >= 0.6 is 0 Å². The van der Waals surface area contributed by atoms with E-state index in [1.807, 2.05) is 0 Å². The van der Waals surface area contributed by atoms with Gasteiger partial charge in [-0.25, -0.2) is 4.21 Å². The van der Waals surface area contributed by atoms with E-state index >= 15 is 0 Å². The first-order valence-electron chi connectivity index (χ1n) is 5.25. The van der Waals surface area contributed by atoms with Crippen LogP contribution in [0.1, 0.15) is 19.8 Å². The quantitative estimate of drug-likeness (QED) is 0.659. The zero-order valence-electron chi connectivity index (χ0n) is 9.87. The predicted octanol–water partition coefficient (Wildman–Crippen LogP) is 1.42. The minimum atomic E-state index is -4.37. The van der Waals surface area contributed by atoms with Crippen molar-refractivity contribution in [3.05, 3.63) is 0 Å². The first-order valence-corrected chi connectivity index (χ1v) is 7.14. The van der Waals surface area contributed by atoms with Crippen LogP contribution in [0.4, 0.5) is 13.2 Å². The number of nitrogens with one attached hydrogen (secondary N) is 1. The molecule has 0 saturated carbocycles. The molecule has 0 amide bonds. The summed E-state index contributed by atoms with van der Waals surface area (Å²) < 4.78 is 55.5. The lowest BCUT2D eigenvalue weighted by Crippen LogP contribution is -2.32. The second kappa shape index (κ2) is 6.37. The SMILES string of the molecule is CC(CCS(=N)(=O)CC[C@H](N)C(=O)O)C(F)(F)F. The molecular formula is C9H17F3N2O3S. The van der Waals surface area contributed by atoms with Gasteiger partial charge in [0, 0.05) is 21.2 Å². The molecule has 0 radical (unpaired) electrons. The van der Waals surface area contributed by atoms with Crippen LogP contribution in [0.2, 0.25) is 0 Å². The molecule has 3 atom stereocenters. The topological polar surface area (TPSA) is 104 Å². The van der Waals surface area contributed by atoms with Crippen molar-refractivity contribution in [1.82, 2.24) is 0 Å². The molecular weight excluding hydrogens is 273 g/mol. The van der Waals surface area contributed by atoms with Crippen molar-refractivity contribution < 1.29 is 27.3 Å². The minimum absolute atomic E-state index is 0.182. The van der Waals surface area contributed by atoms with Gasteiger partial charge in [0.15, 0.2) is 0 Å². The summed E-state index contributed by atoms with van der Waals surface area (Å²) in [6.07, 6.45) is -4.96. The molecule has 0 fully saturated rings. The van der Waals surface area contributed by atoms with Gasteiger partial charge in [-0.1, -0.05) is 6.92 Å². The van der Waals surface area contributed by atoms with Crippen LogP contribution in [-0.4, -0.2) is 39.0 Å². The maximum Gasteiger partial charge on any atom is 0.391 e. The molecule has 0 aliphatic carbocycles. The third-order valence-electron chi connectivity index (χ3n) is 2.52. The monoisotopic (exact) mass is 290 g/mol. The number of carbonyl (C=O) groups is 1. The summed E-state index contributed by atoms with van der Waals surface area (Å²) in [7, 11) is -3.21. The fourth-order valence-electron chi connectivity index (χ4n) is 1.07. The number of hydrogen-bond acceptors (Lipinski definition) is 4. The summed E-state index contributed by atoms with van der Waals surface area (Å²) >= 11 is 0. The lowest BCUT2D eigenvalue weighted by atomic mass is 10.1. The summed E-state index contributed by atoms with van der Waals surface area (Å²) in [4.78, 5) is 10.4. The Morgan fingerprint density at radius 1 is 1.39 bits per heavy atom. The Hall–Kier alpha value is -0.830. The van der Waals surface area contributed by atoms with Crippen molar-refractivity contribution in [3.8, 4) is 0 Å². The van der Waals surface area contributed by atoms with Crippen LogP contribution in [0.3, 0.4) is 0 Å². The summed E-state index contributed by atoms with van der Waals surface area (Å²) in [6, 6.07) is -1.24. The van der Waals surface area contributed by atoms with Gasteiger partial charge in [0.25, 0.3) is 0 Å². The standard InChI is InChI=1S/C9H17F3N2O3S/c1-6(9(10,11)12)2-4-18(14,17)5-3-7(13)8(15)16/h6-7,14H,2-5,13H2,1H3,(H,15,16)/t6?,7-,18?/m0/s1. The minimum Gasteiger partial charge on any atom is -0.480 e. The number of nitrogens with two attached hydrogens (primary N) is 1. The van der Waals surface area contributed by atoms with E-state index in [4.69, 9.17) is 15.6 Å². The molecule has 4 N–H and O–H groups in total. The largest absolute Gasteiger partial charge is 0.480 e. The van der Waals surface area contributed by atoms with Gasteiger partial charge in [0.05, 0.1) is 5.92 Å². The highest BCUT2D eigenvalue weighted by Gasteiger charge is 2.35. The van der Waals surface area contributed by atoms with Crippen LogP contribution in [0.15, 0.2) is 0 Å². The van der Waals surface area contributed by atoms with E-state index in [9.17, 15) is 22.2 Å². The third kappa shape index (κ3) is 6.80. The van der Waals surface area contributed by atoms with E-state index in [1.165, 1.54) is 0 Å². The molecule has 0 heterocycles. The predicted molar refractivity (Wildman–Crippen MR) is 60.7 cm³/mol. The van der Waals surface area contributed by atoms with Crippen LogP contribution in [0, 0.1) is 10.7 Å². The summed E-state index contributed by atoms with van der Waals surface area (Å²) in [5.74, 6) is -3.61. The molecule has 2 unspecified atom stereocenters. The zero-order chi connectivity index (χ0) is 14.6. The second-order valence-electron chi connectivity index (χ2n) is 4.18. The molecule has 0 aromatic rings. The van der Waals surface area contributed by atoms with E-state index in [-0.39, 0.29) is 12.2 Å². The summed E-state index contributed by atoms with van der Waals surface area (Å²) in [5, 5.41) is 8.48. The molecule has 0 aliphatic heterocycles. The molecule has 0 spiro atoms. The normalized spacial score (nSPS) is 18.9. The molecule has 0 aliphatic rings. The number of aliphatic carboxylic acids is 1. The Balaban J connectivity index is 4.22. The molecule has 0 aromatic heterocycles. The van der Waals surface area contributed by atoms with Gasteiger partial charge < -0.3 is 10.8 Å². The smallest absolute Gasteiger partial charge is 0.391 e. The number of halogens is 3. The Bertz CT molecular complexity index is 381. The average molecular weight is 290 g/mol. The lowest BCUT2D eigenvalue weighted by molar-refractivity contribution is -0.169. The highest BCUT2D eigenvalue weighted by atomic mass is 32.2. The number of hydrogen-bond donors (Lipinski definition) is 3. The lowest BCUT2D eigenvalue weighted by Gasteiger charge is -2.16. The van der Waals surface area contributed by atoms with Gasteiger partial charge >= 0.3 is 12.1 Å². The van der Waals surface area contributed by atoms with Crippen molar-refractivity contribution in [1.29, 1.82) is 4.78 Å². The summed E-state index contributed by atoms with van der Waals surface area (Å²) in [6.45, 7) is 0.957. The van der Waals surface area contributed by atoms with Gasteiger partial charge in [-0.3, -0.25) is 9.57 Å². The second-order valence-corrected chi connectivity index (χ2v) is 6.62. The molecule has 0 bridgehead atoms. The van der Waals surface area contributed by atoms with Crippen molar-refractivity contribution in [2.24, 2.45) is 11.7 Å². The first kappa shape index (κ1) is 17.2. The van der Waals surface area contributed by atoms with Crippen molar-refractivity contribution in [2.45, 2.75) is 32.0 Å². The molecule has 18 heavy (non-hydrogen) atoms. The van der Waals surface area contributed by atoms with E-state index in [0.29, 0.717) is 0 Å². The van der Waals surface area contributed by atoms with Crippen molar-refractivity contribution >= 4 is 15.7 Å². The van der Waals surface area contributed by atoms with E-state index < -0.39 is 46.0 Å². The van der Waals surface area contributed by atoms with Gasteiger partial charge in [-0.2, -0.15) is 13.2 Å². The van der Waals surface area contributed by atoms with Crippen LogP contribution < -0.4 is 5.73 Å². The number of alkyl halides is 3. The van der Waals surface area contributed by atoms with Crippen LogP contribution in [0.5, 0.6) is 0 Å². The fraction of sp³-hybridized carbons (Fsp3) is 0.889. The van der Waals surface area contributed by atoms with Gasteiger partial charge in [-0.15, -0.1) is 0 Å². The van der Waals surface area contributed by atoms with Crippen molar-refractivity contribution in [2.75, 3.05) is 11.5 Å². The third-order valence-corrected chi connectivity index (χ3v) is 4.31. The molecule has 9 heteroatoms. The molecule has 0 aromatic carbocycles. The van der Waals surface area contributed by atoms with Gasteiger partial charge in [0.1, 0.15) is 6.04 Å². The number of carboxylic acids is 1. The van der Waals surface area contributed by atoms with Crippen LogP contribution in [-0.2, 0) is 14.5 Å². The number of rotatable bonds is 7. The maximum absolute atomic E-state index is 12.2.